The van der Waals surface area contributed by atoms with Gasteiger partial charge in [0.2, 0.25) is 0 Å². The Labute approximate surface area is 84.8 Å². The third-order valence-corrected chi connectivity index (χ3v) is 2.91. The molecule has 4 heteroatoms. The third kappa shape index (κ3) is 2.96. The number of carbonyl (C=O) groups is 1. The fourth-order valence-corrected chi connectivity index (χ4v) is 2.01. The predicted molar refractivity (Wildman–Crippen MR) is 53.3 cm³/mol. The van der Waals surface area contributed by atoms with E-state index in [4.69, 9.17) is 9.84 Å². The number of carboxylic acids is 1. The van der Waals surface area contributed by atoms with E-state index >= 15 is 0 Å². The van der Waals surface area contributed by atoms with Gasteiger partial charge >= 0.3 is 5.97 Å². The highest BCUT2D eigenvalue weighted by atomic mass is 16.5. The molecule has 0 amide bonds. The van der Waals surface area contributed by atoms with Gasteiger partial charge in [0.25, 0.3) is 0 Å². The highest BCUT2D eigenvalue weighted by Gasteiger charge is 2.28. The summed E-state index contributed by atoms with van der Waals surface area (Å²) < 4.78 is 5.25. The van der Waals surface area contributed by atoms with Crippen LogP contribution in [0.2, 0.25) is 0 Å². The molecule has 0 aromatic heterocycles. The quantitative estimate of drug-likeness (QED) is 0.719. The molecule has 1 N–H and O–H groups in total. The molecule has 0 aliphatic carbocycles. The molecule has 0 saturated carbocycles. The molecular formula is C10H19NO3. The average Bonchev–Trinajstić information content (AvgIpc) is 2.62. The maximum absolute atomic E-state index is 10.6. The number of hydrogen-bond acceptors (Lipinski definition) is 3. The Hall–Kier alpha value is -0.610. The lowest BCUT2D eigenvalue weighted by molar-refractivity contribution is -0.138. The SMILES string of the molecule is CCC(CC(=O)O)N1CCC(OC)C1. The highest BCUT2D eigenvalue weighted by Crippen LogP contribution is 2.18. The number of ether oxygens (including phenoxy) is 1. The number of rotatable bonds is 5. The van der Waals surface area contributed by atoms with Gasteiger partial charge in [-0.3, -0.25) is 9.69 Å². The minimum atomic E-state index is -0.710. The van der Waals surface area contributed by atoms with E-state index in [1.807, 2.05) is 6.92 Å². The molecule has 4 nitrogen and oxygen atoms in total. The van der Waals surface area contributed by atoms with Gasteiger partial charge in [-0.05, 0) is 12.8 Å². The fraction of sp³-hybridized carbons (Fsp3) is 0.900. The molecule has 1 heterocycles. The molecule has 2 unspecified atom stereocenters. The van der Waals surface area contributed by atoms with Crippen LogP contribution in [0.4, 0.5) is 0 Å². The van der Waals surface area contributed by atoms with Gasteiger partial charge in [0, 0.05) is 26.2 Å². The lowest BCUT2D eigenvalue weighted by Crippen LogP contribution is -2.35. The molecule has 1 aliphatic heterocycles. The number of methoxy groups -OCH3 is 1. The first-order valence-corrected chi connectivity index (χ1v) is 5.16. The Morgan fingerprint density at radius 3 is 2.86 bits per heavy atom. The standard InChI is InChI=1S/C10H19NO3/c1-3-8(6-10(12)13)11-5-4-9(7-11)14-2/h8-9H,3-7H2,1-2H3,(H,12,13). The van der Waals surface area contributed by atoms with Crippen molar-refractivity contribution < 1.29 is 14.6 Å². The summed E-state index contributed by atoms with van der Waals surface area (Å²) >= 11 is 0. The van der Waals surface area contributed by atoms with E-state index < -0.39 is 5.97 Å². The minimum Gasteiger partial charge on any atom is -0.481 e. The predicted octanol–water partition coefficient (Wildman–Crippen LogP) is 0.960. The summed E-state index contributed by atoms with van der Waals surface area (Å²) in [5.74, 6) is -0.710. The smallest absolute Gasteiger partial charge is 0.304 e. The summed E-state index contributed by atoms with van der Waals surface area (Å²) in [4.78, 5) is 12.8. The Morgan fingerprint density at radius 2 is 2.43 bits per heavy atom. The molecule has 82 valence electrons. The van der Waals surface area contributed by atoms with Crippen molar-refractivity contribution in [2.45, 2.75) is 38.3 Å². The summed E-state index contributed by atoms with van der Waals surface area (Å²) in [5.41, 5.74) is 0. The van der Waals surface area contributed by atoms with E-state index in [1.165, 1.54) is 0 Å². The van der Waals surface area contributed by atoms with E-state index in [9.17, 15) is 4.79 Å². The third-order valence-electron chi connectivity index (χ3n) is 2.91. The van der Waals surface area contributed by atoms with Crippen molar-refractivity contribution in [1.82, 2.24) is 4.90 Å². The maximum Gasteiger partial charge on any atom is 0.304 e. The summed E-state index contributed by atoms with van der Waals surface area (Å²) in [6.45, 7) is 3.88. The van der Waals surface area contributed by atoms with Crippen LogP contribution < -0.4 is 0 Å². The van der Waals surface area contributed by atoms with Gasteiger partial charge in [-0.2, -0.15) is 0 Å². The van der Waals surface area contributed by atoms with Crippen molar-refractivity contribution in [3.63, 3.8) is 0 Å². The van der Waals surface area contributed by atoms with Gasteiger partial charge in [-0.15, -0.1) is 0 Å². The van der Waals surface area contributed by atoms with Crippen molar-refractivity contribution >= 4 is 5.97 Å². The zero-order valence-corrected chi connectivity index (χ0v) is 8.90. The topological polar surface area (TPSA) is 49.8 Å². The summed E-state index contributed by atoms with van der Waals surface area (Å²) in [5, 5.41) is 8.74. The minimum absolute atomic E-state index is 0.174. The maximum atomic E-state index is 10.6. The summed E-state index contributed by atoms with van der Waals surface area (Å²) in [6, 6.07) is 0.174. The lowest BCUT2D eigenvalue weighted by atomic mass is 10.1. The van der Waals surface area contributed by atoms with Crippen molar-refractivity contribution in [3.05, 3.63) is 0 Å². The summed E-state index contributed by atoms with van der Waals surface area (Å²) in [7, 11) is 1.71. The van der Waals surface area contributed by atoms with Crippen molar-refractivity contribution in [2.75, 3.05) is 20.2 Å². The van der Waals surface area contributed by atoms with Crippen LogP contribution in [0.1, 0.15) is 26.2 Å². The second-order valence-corrected chi connectivity index (χ2v) is 3.80. The Morgan fingerprint density at radius 1 is 1.71 bits per heavy atom. The van der Waals surface area contributed by atoms with Crippen LogP contribution in [0.5, 0.6) is 0 Å². The van der Waals surface area contributed by atoms with Crippen LogP contribution in [0.25, 0.3) is 0 Å². The van der Waals surface area contributed by atoms with Gasteiger partial charge in [0.05, 0.1) is 12.5 Å². The molecule has 1 fully saturated rings. The molecule has 1 aliphatic rings. The largest absolute Gasteiger partial charge is 0.481 e. The van der Waals surface area contributed by atoms with Crippen molar-refractivity contribution in [3.8, 4) is 0 Å². The van der Waals surface area contributed by atoms with E-state index in [0.29, 0.717) is 0 Å². The molecular weight excluding hydrogens is 182 g/mol. The number of likely N-dealkylation sites (tertiary alicyclic amines) is 1. The fourth-order valence-electron chi connectivity index (χ4n) is 2.01. The highest BCUT2D eigenvalue weighted by molar-refractivity contribution is 5.67. The lowest BCUT2D eigenvalue weighted by Gasteiger charge is -2.25. The number of aliphatic carboxylic acids is 1. The zero-order valence-electron chi connectivity index (χ0n) is 8.90. The molecule has 1 rings (SSSR count). The first kappa shape index (κ1) is 11.5. The van der Waals surface area contributed by atoms with Crippen molar-refractivity contribution in [2.24, 2.45) is 0 Å². The number of carboxylic acid groups (broad SMARTS) is 1. The van der Waals surface area contributed by atoms with Gasteiger partial charge in [-0.1, -0.05) is 6.92 Å². The average molecular weight is 201 g/mol. The number of hydrogen-bond donors (Lipinski definition) is 1. The van der Waals surface area contributed by atoms with E-state index in [0.717, 1.165) is 25.9 Å². The first-order valence-electron chi connectivity index (χ1n) is 5.16. The number of nitrogens with zero attached hydrogens (tertiary/aromatic N) is 1. The molecule has 2 atom stereocenters. The summed E-state index contributed by atoms with van der Waals surface area (Å²) in [6.07, 6.45) is 2.44. The van der Waals surface area contributed by atoms with Crippen LogP contribution >= 0.6 is 0 Å². The van der Waals surface area contributed by atoms with Gasteiger partial charge < -0.3 is 9.84 Å². The molecule has 0 aromatic carbocycles. The van der Waals surface area contributed by atoms with Crippen LogP contribution in [0.15, 0.2) is 0 Å². The van der Waals surface area contributed by atoms with Crippen LogP contribution in [0, 0.1) is 0 Å². The molecule has 0 aromatic rings. The van der Waals surface area contributed by atoms with Crippen LogP contribution in [0.3, 0.4) is 0 Å². The zero-order chi connectivity index (χ0) is 10.6. The van der Waals surface area contributed by atoms with Crippen molar-refractivity contribution in [1.29, 1.82) is 0 Å². The monoisotopic (exact) mass is 201 g/mol. The Kier molecular flexibility index (Phi) is 4.35. The first-order chi connectivity index (χ1) is 6.67. The molecule has 0 radical (unpaired) electrons. The second kappa shape index (κ2) is 5.32. The van der Waals surface area contributed by atoms with Crippen LogP contribution in [-0.2, 0) is 9.53 Å². The Balaban J connectivity index is 2.42. The molecule has 0 spiro atoms. The second-order valence-electron chi connectivity index (χ2n) is 3.80. The normalized spacial score (nSPS) is 25.1. The van der Waals surface area contributed by atoms with Crippen LogP contribution in [-0.4, -0.2) is 48.3 Å². The van der Waals surface area contributed by atoms with Gasteiger partial charge in [-0.25, -0.2) is 0 Å². The van der Waals surface area contributed by atoms with E-state index in [1.54, 1.807) is 7.11 Å². The molecule has 1 saturated heterocycles. The van der Waals surface area contributed by atoms with E-state index in [2.05, 4.69) is 4.90 Å². The van der Waals surface area contributed by atoms with Gasteiger partial charge in [0.15, 0.2) is 0 Å². The molecule has 0 bridgehead atoms. The van der Waals surface area contributed by atoms with Gasteiger partial charge in [0.1, 0.15) is 0 Å². The molecule has 14 heavy (non-hydrogen) atoms. The van der Waals surface area contributed by atoms with E-state index in [-0.39, 0.29) is 18.6 Å². The Bertz CT molecular complexity index is 196.